The molecule has 1 aromatic rings. The van der Waals surface area contributed by atoms with Crippen molar-refractivity contribution in [1.82, 2.24) is 10.3 Å². The Kier molecular flexibility index (Phi) is 5.25. The standard InChI is InChI=1S/C12H21N3O/c1-4-16-11-7-5-10(6-8-11)12(14-13)9-15(2)3/h5-8,12,14H,4,9,13H2,1-3H3. The average molecular weight is 223 g/mol. The predicted molar refractivity (Wildman–Crippen MR) is 66.2 cm³/mol. The van der Waals surface area contributed by atoms with Gasteiger partial charge in [-0.05, 0) is 38.7 Å². The van der Waals surface area contributed by atoms with E-state index in [-0.39, 0.29) is 6.04 Å². The summed E-state index contributed by atoms with van der Waals surface area (Å²) in [5.74, 6) is 6.44. The van der Waals surface area contributed by atoms with Gasteiger partial charge in [-0.1, -0.05) is 12.1 Å². The van der Waals surface area contributed by atoms with Crippen LogP contribution < -0.4 is 16.0 Å². The third-order valence-electron chi connectivity index (χ3n) is 2.34. The molecule has 0 aliphatic rings. The molecule has 0 spiro atoms. The van der Waals surface area contributed by atoms with Gasteiger partial charge in [0.1, 0.15) is 5.75 Å². The second-order valence-electron chi connectivity index (χ2n) is 3.98. The van der Waals surface area contributed by atoms with Crippen LogP contribution in [0.2, 0.25) is 0 Å². The molecule has 0 saturated heterocycles. The summed E-state index contributed by atoms with van der Waals surface area (Å²) >= 11 is 0. The van der Waals surface area contributed by atoms with Gasteiger partial charge in [-0.15, -0.1) is 0 Å². The first kappa shape index (κ1) is 13.0. The lowest BCUT2D eigenvalue weighted by Gasteiger charge is -2.20. The van der Waals surface area contributed by atoms with Crippen LogP contribution in [0.15, 0.2) is 24.3 Å². The third-order valence-corrected chi connectivity index (χ3v) is 2.34. The Bertz CT molecular complexity index is 298. The molecule has 4 heteroatoms. The minimum Gasteiger partial charge on any atom is -0.494 e. The maximum Gasteiger partial charge on any atom is 0.119 e. The van der Waals surface area contributed by atoms with Gasteiger partial charge in [-0.2, -0.15) is 0 Å². The van der Waals surface area contributed by atoms with Gasteiger partial charge in [-0.3, -0.25) is 11.3 Å². The van der Waals surface area contributed by atoms with Crippen molar-refractivity contribution < 1.29 is 4.74 Å². The van der Waals surface area contributed by atoms with Gasteiger partial charge in [0, 0.05) is 6.54 Å². The maximum atomic E-state index is 5.54. The molecule has 0 fully saturated rings. The summed E-state index contributed by atoms with van der Waals surface area (Å²) in [7, 11) is 4.05. The number of nitrogens with zero attached hydrogens (tertiary/aromatic N) is 1. The van der Waals surface area contributed by atoms with E-state index in [0.29, 0.717) is 6.61 Å². The van der Waals surface area contributed by atoms with Gasteiger partial charge in [0.05, 0.1) is 12.6 Å². The first-order valence-corrected chi connectivity index (χ1v) is 5.51. The van der Waals surface area contributed by atoms with Crippen LogP contribution in [0.4, 0.5) is 0 Å². The van der Waals surface area contributed by atoms with Crippen LogP contribution in [0, 0.1) is 0 Å². The molecule has 0 saturated carbocycles. The first-order chi connectivity index (χ1) is 7.67. The smallest absolute Gasteiger partial charge is 0.119 e. The molecule has 0 heterocycles. The van der Waals surface area contributed by atoms with Crippen LogP contribution in [-0.4, -0.2) is 32.1 Å². The molecule has 3 N–H and O–H groups in total. The number of hydrazine groups is 1. The minimum atomic E-state index is 0.144. The molecule has 4 nitrogen and oxygen atoms in total. The van der Waals surface area contributed by atoms with Crippen molar-refractivity contribution in [3.05, 3.63) is 29.8 Å². The first-order valence-electron chi connectivity index (χ1n) is 5.51. The van der Waals surface area contributed by atoms with Crippen molar-refractivity contribution in [3.63, 3.8) is 0 Å². The highest BCUT2D eigenvalue weighted by Crippen LogP contribution is 2.17. The summed E-state index contributed by atoms with van der Waals surface area (Å²) in [4.78, 5) is 2.10. The summed E-state index contributed by atoms with van der Waals surface area (Å²) in [6.45, 7) is 3.53. The van der Waals surface area contributed by atoms with E-state index in [1.807, 2.05) is 45.3 Å². The van der Waals surface area contributed by atoms with Crippen LogP contribution in [0.1, 0.15) is 18.5 Å². The Hall–Kier alpha value is -1.10. The van der Waals surface area contributed by atoms with E-state index >= 15 is 0 Å². The normalized spacial score (nSPS) is 12.8. The monoisotopic (exact) mass is 223 g/mol. The summed E-state index contributed by atoms with van der Waals surface area (Å²) in [6.07, 6.45) is 0. The fourth-order valence-electron chi connectivity index (χ4n) is 1.58. The number of likely N-dealkylation sites (N-methyl/N-ethyl adjacent to an activating group) is 1. The molecule has 0 aromatic heterocycles. The Morgan fingerprint density at radius 2 is 1.94 bits per heavy atom. The van der Waals surface area contributed by atoms with Gasteiger partial charge in [-0.25, -0.2) is 0 Å². The minimum absolute atomic E-state index is 0.144. The molecule has 16 heavy (non-hydrogen) atoms. The van der Waals surface area contributed by atoms with E-state index in [1.54, 1.807) is 0 Å². The van der Waals surface area contributed by atoms with Gasteiger partial charge >= 0.3 is 0 Å². The topological polar surface area (TPSA) is 50.5 Å². The van der Waals surface area contributed by atoms with Gasteiger partial charge in [0.2, 0.25) is 0 Å². The molecule has 0 aliphatic carbocycles. The maximum absolute atomic E-state index is 5.54. The van der Waals surface area contributed by atoms with E-state index in [9.17, 15) is 0 Å². The third kappa shape index (κ3) is 3.81. The highest BCUT2D eigenvalue weighted by atomic mass is 16.5. The molecule has 0 amide bonds. The number of nitrogens with one attached hydrogen (secondary N) is 1. The Balaban J connectivity index is 2.70. The number of nitrogens with two attached hydrogens (primary N) is 1. The number of hydrogen-bond donors (Lipinski definition) is 2. The zero-order chi connectivity index (χ0) is 12.0. The molecular weight excluding hydrogens is 202 g/mol. The van der Waals surface area contributed by atoms with Gasteiger partial charge in [0.15, 0.2) is 0 Å². The van der Waals surface area contributed by atoms with E-state index in [2.05, 4.69) is 10.3 Å². The van der Waals surface area contributed by atoms with Gasteiger partial charge < -0.3 is 9.64 Å². The van der Waals surface area contributed by atoms with E-state index in [1.165, 1.54) is 5.56 Å². The number of benzene rings is 1. The lowest BCUT2D eigenvalue weighted by atomic mass is 10.1. The quantitative estimate of drug-likeness (QED) is 0.561. The van der Waals surface area contributed by atoms with E-state index < -0.39 is 0 Å². The number of hydrogen-bond acceptors (Lipinski definition) is 4. The van der Waals surface area contributed by atoms with Crippen molar-refractivity contribution >= 4 is 0 Å². The summed E-state index contributed by atoms with van der Waals surface area (Å²) in [5, 5.41) is 0. The summed E-state index contributed by atoms with van der Waals surface area (Å²) in [5.41, 5.74) is 3.99. The predicted octanol–water partition coefficient (Wildman–Crippen LogP) is 1.15. The van der Waals surface area contributed by atoms with Crippen molar-refractivity contribution in [3.8, 4) is 5.75 Å². The molecule has 1 atom stereocenters. The molecule has 0 aliphatic heterocycles. The van der Waals surface area contributed by atoms with E-state index in [0.717, 1.165) is 12.3 Å². The van der Waals surface area contributed by atoms with Crippen LogP contribution in [0.25, 0.3) is 0 Å². The Morgan fingerprint density at radius 1 is 1.31 bits per heavy atom. The van der Waals surface area contributed by atoms with Crippen LogP contribution in [0.5, 0.6) is 5.75 Å². The molecule has 90 valence electrons. The van der Waals surface area contributed by atoms with E-state index in [4.69, 9.17) is 10.6 Å². The lowest BCUT2D eigenvalue weighted by Crippen LogP contribution is -2.35. The summed E-state index contributed by atoms with van der Waals surface area (Å²) in [6, 6.07) is 8.17. The molecule has 1 unspecified atom stereocenters. The van der Waals surface area contributed by atoms with Crippen molar-refractivity contribution in [2.24, 2.45) is 5.84 Å². The molecular formula is C12H21N3O. The van der Waals surface area contributed by atoms with Crippen molar-refractivity contribution in [2.45, 2.75) is 13.0 Å². The number of ether oxygens (including phenoxy) is 1. The highest BCUT2D eigenvalue weighted by Gasteiger charge is 2.10. The molecule has 1 rings (SSSR count). The second kappa shape index (κ2) is 6.48. The molecule has 0 radical (unpaired) electrons. The Labute approximate surface area is 97.4 Å². The zero-order valence-corrected chi connectivity index (χ0v) is 10.2. The van der Waals surface area contributed by atoms with Crippen LogP contribution >= 0.6 is 0 Å². The largest absolute Gasteiger partial charge is 0.494 e. The molecule has 1 aromatic carbocycles. The van der Waals surface area contributed by atoms with Crippen molar-refractivity contribution in [2.75, 3.05) is 27.2 Å². The fourth-order valence-corrected chi connectivity index (χ4v) is 1.58. The average Bonchev–Trinajstić information content (AvgIpc) is 2.27. The van der Waals surface area contributed by atoms with Gasteiger partial charge in [0.25, 0.3) is 0 Å². The van der Waals surface area contributed by atoms with Crippen LogP contribution in [0.3, 0.4) is 0 Å². The van der Waals surface area contributed by atoms with Crippen LogP contribution in [-0.2, 0) is 0 Å². The Morgan fingerprint density at radius 3 is 2.38 bits per heavy atom. The number of rotatable bonds is 6. The summed E-state index contributed by atoms with van der Waals surface area (Å²) < 4.78 is 5.39. The SMILES string of the molecule is CCOc1ccc(C(CN(C)C)NN)cc1. The lowest BCUT2D eigenvalue weighted by molar-refractivity contribution is 0.337. The van der Waals surface area contributed by atoms with Crippen molar-refractivity contribution in [1.29, 1.82) is 0 Å². The fraction of sp³-hybridized carbons (Fsp3) is 0.500. The second-order valence-corrected chi connectivity index (χ2v) is 3.98. The zero-order valence-electron chi connectivity index (χ0n) is 10.2. The molecule has 0 bridgehead atoms. The highest BCUT2D eigenvalue weighted by molar-refractivity contribution is 5.29.